The molecular formula is C34H44O3. The first-order valence-corrected chi connectivity index (χ1v) is 14.2. The quantitative estimate of drug-likeness (QED) is 0.443. The number of carbonyl (C=O) groups excluding carboxylic acids is 1. The first kappa shape index (κ1) is 26.5. The molecule has 0 aliphatic heterocycles. The first-order chi connectivity index (χ1) is 17.3. The lowest BCUT2D eigenvalue weighted by Crippen LogP contribution is -2.51. The van der Waals surface area contributed by atoms with Gasteiger partial charge in [0.2, 0.25) is 0 Å². The molecule has 2 fully saturated rings. The fourth-order valence-electron chi connectivity index (χ4n) is 7.69. The summed E-state index contributed by atoms with van der Waals surface area (Å²) in [6, 6.07) is 9.21. The van der Waals surface area contributed by atoms with Crippen LogP contribution in [-0.2, 0) is 14.9 Å². The highest BCUT2D eigenvalue weighted by atomic mass is 16.5. The Hall–Kier alpha value is -2.15. The highest BCUT2D eigenvalue weighted by Gasteiger charge is 2.62. The fraction of sp³-hybridized carbons (Fsp3) is 0.618. The molecule has 0 saturated heterocycles. The van der Waals surface area contributed by atoms with E-state index in [1.807, 2.05) is 19.9 Å². The number of carbonyl (C=O) groups is 1. The average molecular weight is 501 g/mol. The molecule has 0 unspecified atom stereocenters. The van der Waals surface area contributed by atoms with E-state index >= 15 is 0 Å². The smallest absolute Gasteiger partial charge is 0.156 e. The van der Waals surface area contributed by atoms with Gasteiger partial charge in [0.05, 0.1) is 0 Å². The lowest BCUT2D eigenvalue weighted by Gasteiger charge is -2.53. The van der Waals surface area contributed by atoms with E-state index in [9.17, 15) is 9.90 Å². The van der Waals surface area contributed by atoms with Gasteiger partial charge in [-0.15, -0.1) is 0 Å². The molecule has 1 N–H and O–H groups in total. The minimum absolute atomic E-state index is 0.104. The standard InChI is InChI=1S/C34H44O3/c1-31(2,3)24-11-8-22(9-12-24)28-21-33(6)29(16-17-34(33,36)19-18-32(4,5)37-7)27-14-10-23-20-25(35)13-15-26(23)30(27)28/h8-9,11-12,20,27-29,36H,10,13-17,21H2,1-7H3/t27-,28+,29-,33-,34+/m0/s1. The Labute approximate surface area is 223 Å². The molecule has 4 aliphatic rings. The van der Waals surface area contributed by atoms with Crippen molar-refractivity contribution >= 4 is 5.78 Å². The van der Waals surface area contributed by atoms with Crippen molar-refractivity contribution in [2.75, 3.05) is 7.11 Å². The summed E-state index contributed by atoms with van der Waals surface area (Å²) < 4.78 is 5.57. The molecule has 0 amide bonds. The van der Waals surface area contributed by atoms with Crippen molar-refractivity contribution in [3.63, 3.8) is 0 Å². The van der Waals surface area contributed by atoms with E-state index in [4.69, 9.17) is 4.74 Å². The molecule has 3 nitrogen and oxygen atoms in total. The minimum Gasteiger partial charge on any atom is -0.377 e. The normalized spacial score (nSPS) is 33.7. The van der Waals surface area contributed by atoms with Crippen LogP contribution in [0.5, 0.6) is 0 Å². The van der Waals surface area contributed by atoms with Gasteiger partial charge < -0.3 is 9.84 Å². The molecule has 37 heavy (non-hydrogen) atoms. The highest BCUT2D eigenvalue weighted by Crippen LogP contribution is 2.66. The van der Waals surface area contributed by atoms with Gasteiger partial charge in [0.15, 0.2) is 5.78 Å². The van der Waals surface area contributed by atoms with Crippen LogP contribution in [0, 0.1) is 29.1 Å². The number of rotatable bonds is 2. The molecule has 5 rings (SSSR count). The van der Waals surface area contributed by atoms with Crippen LogP contribution in [0.3, 0.4) is 0 Å². The lowest BCUT2D eigenvalue weighted by molar-refractivity contribution is -0.114. The number of benzene rings is 1. The lowest BCUT2D eigenvalue weighted by atomic mass is 9.51. The highest BCUT2D eigenvalue weighted by molar-refractivity contribution is 5.93. The summed E-state index contributed by atoms with van der Waals surface area (Å²) in [5.74, 6) is 7.95. The Kier molecular flexibility index (Phi) is 6.41. The van der Waals surface area contributed by atoms with E-state index in [-0.39, 0.29) is 22.5 Å². The van der Waals surface area contributed by atoms with E-state index in [1.165, 1.54) is 22.3 Å². The van der Waals surface area contributed by atoms with E-state index in [0.717, 1.165) is 32.1 Å². The summed E-state index contributed by atoms with van der Waals surface area (Å²) in [7, 11) is 1.68. The van der Waals surface area contributed by atoms with Crippen molar-refractivity contribution in [1.29, 1.82) is 0 Å². The van der Waals surface area contributed by atoms with Crippen molar-refractivity contribution in [3.05, 3.63) is 58.2 Å². The first-order valence-electron chi connectivity index (χ1n) is 14.2. The molecule has 2 saturated carbocycles. The SMILES string of the molecule is COC(C)(C)C#C[C@]1(O)CC[C@H]2[C@@H]3CCC4=CC(=O)CCC4=C3[C@@H](c3ccc(C(C)(C)C)cc3)C[C@@]21C. The van der Waals surface area contributed by atoms with Crippen molar-refractivity contribution in [2.45, 2.75) is 109 Å². The van der Waals surface area contributed by atoms with Crippen LogP contribution in [0.1, 0.15) is 104 Å². The third kappa shape index (κ3) is 4.45. The zero-order valence-electron chi connectivity index (χ0n) is 23.8. The third-order valence-corrected chi connectivity index (χ3v) is 10.1. The molecule has 0 spiro atoms. The van der Waals surface area contributed by atoms with Gasteiger partial charge in [0.1, 0.15) is 11.2 Å². The number of ketones is 1. The van der Waals surface area contributed by atoms with Crippen LogP contribution in [0.25, 0.3) is 0 Å². The van der Waals surface area contributed by atoms with Gasteiger partial charge in [-0.25, -0.2) is 0 Å². The maximum absolute atomic E-state index is 12.3. The molecule has 5 atom stereocenters. The maximum atomic E-state index is 12.3. The topological polar surface area (TPSA) is 46.5 Å². The van der Waals surface area contributed by atoms with Crippen LogP contribution < -0.4 is 0 Å². The van der Waals surface area contributed by atoms with Crippen LogP contribution in [0.15, 0.2) is 47.1 Å². The molecular weight excluding hydrogens is 456 g/mol. The zero-order chi connectivity index (χ0) is 26.8. The zero-order valence-corrected chi connectivity index (χ0v) is 23.8. The van der Waals surface area contributed by atoms with Crippen LogP contribution in [0.2, 0.25) is 0 Å². The molecule has 0 radical (unpaired) electrons. The second-order valence-electron chi connectivity index (χ2n) is 13.7. The summed E-state index contributed by atoms with van der Waals surface area (Å²) in [5.41, 5.74) is 5.12. The second-order valence-corrected chi connectivity index (χ2v) is 13.7. The van der Waals surface area contributed by atoms with Crippen LogP contribution in [0.4, 0.5) is 0 Å². The number of methoxy groups -OCH3 is 1. The second kappa shape index (κ2) is 8.96. The van der Waals surface area contributed by atoms with Gasteiger partial charge in [-0.05, 0) is 98.0 Å². The van der Waals surface area contributed by atoms with Gasteiger partial charge in [-0.1, -0.05) is 69.4 Å². The fourth-order valence-corrected chi connectivity index (χ4v) is 7.69. The van der Waals surface area contributed by atoms with Gasteiger partial charge in [0.25, 0.3) is 0 Å². The Morgan fingerprint density at radius 2 is 1.73 bits per heavy atom. The number of hydrogen-bond acceptors (Lipinski definition) is 3. The molecule has 198 valence electrons. The Morgan fingerprint density at radius 1 is 1.03 bits per heavy atom. The number of allylic oxidation sites excluding steroid dienone is 4. The number of hydrogen-bond donors (Lipinski definition) is 1. The van der Waals surface area contributed by atoms with E-state index in [1.54, 1.807) is 12.7 Å². The summed E-state index contributed by atoms with van der Waals surface area (Å²) in [5, 5.41) is 12.2. The molecule has 0 heterocycles. The molecule has 1 aromatic rings. The predicted octanol–water partition coefficient (Wildman–Crippen LogP) is 7.04. The maximum Gasteiger partial charge on any atom is 0.156 e. The Bertz CT molecular complexity index is 1210. The number of ether oxygens (including phenoxy) is 1. The molecule has 3 heteroatoms. The van der Waals surface area contributed by atoms with Gasteiger partial charge in [-0.2, -0.15) is 0 Å². The predicted molar refractivity (Wildman–Crippen MR) is 149 cm³/mol. The van der Waals surface area contributed by atoms with E-state index in [2.05, 4.69) is 63.8 Å². The Morgan fingerprint density at radius 3 is 2.38 bits per heavy atom. The summed E-state index contributed by atoms with van der Waals surface area (Å²) in [4.78, 5) is 12.3. The van der Waals surface area contributed by atoms with Crippen LogP contribution in [-0.4, -0.2) is 29.2 Å². The Balaban J connectivity index is 1.64. The number of aliphatic hydroxyl groups is 1. The average Bonchev–Trinajstić information content (AvgIpc) is 3.12. The summed E-state index contributed by atoms with van der Waals surface area (Å²) >= 11 is 0. The van der Waals surface area contributed by atoms with Crippen molar-refractivity contribution < 1.29 is 14.6 Å². The summed E-state index contributed by atoms with van der Waals surface area (Å²) in [6.07, 6.45) is 8.01. The molecule has 4 aliphatic carbocycles. The van der Waals surface area contributed by atoms with Gasteiger partial charge in [0, 0.05) is 24.9 Å². The monoisotopic (exact) mass is 500 g/mol. The molecule has 0 bridgehead atoms. The minimum atomic E-state index is -1.04. The van der Waals surface area contributed by atoms with E-state index in [0.29, 0.717) is 24.7 Å². The number of fused-ring (bicyclic) bond motifs is 4. The van der Waals surface area contributed by atoms with Gasteiger partial charge >= 0.3 is 0 Å². The van der Waals surface area contributed by atoms with E-state index < -0.39 is 11.2 Å². The van der Waals surface area contributed by atoms with Crippen molar-refractivity contribution in [3.8, 4) is 11.8 Å². The molecule has 0 aromatic heterocycles. The largest absolute Gasteiger partial charge is 0.377 e. The molecule has 1 aromatic carbocycles. The van der Waals surface area contributed by atoms with Crippen molar-refractivity contribution in [2.24, 2.45) is 17.3 Å². The van der Waals surface area contributed by atoms with Crippen molar-refractivity contribution in [1.82, 2.24) is 0 Å². The third-order valence-electron chi connectivity index (χ3n) is 10.1. The summed E-state index contributed by atoms with van der Waals surface area (Å²) in [6.45, 7) is 13.0. The van der Waals surface area contributed by atoms with Crippen LogP contribution >= 0.6 is 0 Å². The van der Waals surface area contributed by atoms with Gasteiger partial charge in [-0.3, -0.25) is 4.79 Å².